The molecule has 0 saturated heterocycles. The normalized spacial score (nSPS) is 11.5. The van der Waals surface area contributed by atoms with Gasteiger partial charge in [0.25, 0.3) is 0 Å². The van der Waals surface area contributed by atoms with E-state index in [4.69, 9.17) is 11.6 Å². The molecule has 3 rings (SSSR count). The van der Waals surface area contributed by atoms with E-state index in [1.807, 2.05) is 47.7 Å². The molecule has 0 aliphatic carbocycles. The maximum atomic E-state index is 12.0. The van der Waals surface area contributed by atoms with Crippen LogP contribution >= 0.6 is 34.2 Å². The second-order valence-corrected chi connectivity index (χ2v) is 9.71. The van der Waals surface area contributed by atoms with E-state index in [-0.39, 0.29) is 3.76 Å². The van der Waals surface area contributed by atoms with Crippen molar-refractivity contribution in [2.45, 2.75) is 11.8 Å². The van der Waals surface area contributed by atoms with E-state index in [0.29, 0.717) is 9.92 Å². The van der Waals surface area contributed by atoms with Crippen LogP contribution in [-0.2, 0) is 9.84 Å². The number of hydrogen-bond donors (Lipinski definition) is 0. The van der Waals surface area contributed by atoms with Gasteiger partial charge in [-0.3, -0.25) is 9.97 Å². The molecule has 128 valence electrons. The van der Waals surface area contributed by atoms with Crippen LogP contribution in [0.2, 0.25) is 5.02 Å². The lowest BCUT2D eigenvalue weighted by molar-refractivity contribution is 0.601. The molecular formula is C18H14ClIN2O2S. The third-order valence-electron chi connectivity index (χ3n) is 3.71. The van der Waals surface area contributed by atoms with Crippen LogP contribution in [0.25, 0.3) is 22.4 Å². The summed E-state index contributed by atoms with van der Waals surface area (Å²) in [6, 6.07) is 12.5. The predicted molar refractivity (Wildman–Crippen MR) is 109 cm³/mol. The predicted octanol–water partition coefficient (Wildman–Crippen LogP) is 4.94. The van der Waals surface area contributed by atoms with E-state index in [9.17, 15) is 8.42 Å². The van der Waals surface area contributed by atoms with Crippen molar-refractivity contribution in [2.75, 3.05) is 3.76 Å². The van der Waals surface area contributed by atoms with Crippen LogP contribution in [0, 0.1) is 6.92 Å². The van der Waals surface area contributed by atoms with Crippen LogP contribution < -0.4 is 0 Å². The average molecular weight is 485 g/mol. The lowest BCUT2D eigenvalue weighted by atomic mass is 10.0. The average Bonchev–Trinajstić information content (AvgIpc) is 2.62. The quantitative estimate of drug-likeness (QED) is 0.389. The number of benzene rings is 1. The van der Waals surface area contributed by atoms with Gasteiger partial charge in [-0.05, 0) is 42.8 Å². The highest BCUT2D eigenvalue weighted by molar-refractivity contribution is 14.1. The molecule has 4 nitrogen and oxygen atoms in total. The van der Waals surface area contributed by atoms with Gasteiger partial charge < -0.3 is 0 Å². The Hall–Kier alpha value is -1.51. The Kier molecular flexibility index (Phi) is 5.41. The van der Waals surface area contributed by atoms with E-state index in [1.54, 1.807) is 36.7 Å². The van der Waals surface area contributed by atoms with Crippen LogP contribution in [0.1, 0.15) is 5.69 Å². The number of aromatic nitrogens is 2. The third kappa shape index (κ3) is 4.02. The van der Waals surface area contributed by atoms with Crippen LogP contribution in [0.15, 0.2) is 59.8 Å². The summed E-state index contributed by atoms with van der Waals surface area (Å²) >= 11 is 7.98. The van der Waals surface area contributed by atoms with Crippen molar-refractivity contribution in [3.8, 4) is 22.4 Å². The zero-order valence-electron chi connectivity index (χ0n) is 13.3. The fraction of sp³-hybridized carbons (Fsp3) is 0.111. The molecule has 0 spiro atoms. The number of nitrogens with zero attached hydrogens (tertiary/aromatic N) is 2. The first-order valence-electron chi connectivity index (χ1n) is 7.38. The van der Waals surface area contributed by atoms with Crippen LogP contribution in [-0.4, -0.2) is 22.1 Å². The fourth-order valence-corrected chi connectivity index (χ4v) is 4.32. The minimum Gasteiger partial charge on any atom is -0.261 e. The van der Waals surface area contributed by atoms with Crippen molar-refractivity contribution in [3.05, 3.63) is 65.6 Å². The van der Waals surface area contributed by atoms with E-state index in [2.05, 4.69) is 9.97 Å². The van der Waals surface area contributed by atoms with Crippen LogP contribution in [0.4, 0.5) is 0 Å². The summed E-state index contributed by atoms with van der Waals surface area (Å²) in [5.74, 6) is 0. The maximum Gasteiger partial charge on any atom is 0.187 e. The lowest BCUT2D eigenvalue weighted by Crippen LogP contribution is -2.01. The first-order valence-corrected chi connectivity index (χ1v) is 10.9. The summed E-state index contributed by atoms with van der Waals surface area (Å²) in [6.45, 7) is 1.92. The van der Waals surface area contributed by atoms with Gasteiger partial charge in [-0.2, -0.15) is 0 Å². The van der Waals surface area contributed by atoms with E-state index in [0.717, 1.165) is 28.1 Å². The second-order valence-electron chi connectivity index (χ2n) is 5.49. The molecule has 0 fully saturated rings. The Morgan fingerprint density at radius 3 is 2.28 bits per heavy atom. The second kappa shape index (κ2) is 7.39. The van der Waals surface area contributed by atoms with E-state index in [1.165, 1.54) is 0 Å². The number of pyridine rings is 2. The molecule has 2 aromatic heterocycles. The molecule has 0 N–H and O–H groups in total. The van der Waals surface area contributed by atoms with Gasteiger partial charge in [0.15, 0.2) is 9.84 Å². The van der Waals surface area contributed by atoms with E-state index < -0.39 is 9.84 Å². The molecule has 3 aromatic rings. The van der Waals surface area contributed by atoms with Gasteiger partial charge in [0.2, 0.25) is 0 Å². The number of rotatable bonds is 4. The minimum absolute atomic E-state index is 0.0448. The molecule has 0 unspecified atom stereocenters. The van der Waals surface area contributed by atoms with E-state index >= 15 is 0 Å². The molecule has 7 heteroatoms. The molecule has 0 amide bonds. The molecule has 2 heterocycles. The topological polar surface area (TPSA) is 59.9 Å². The van der Waals surface area contributed by atoms with Crippen molar-refractivity contribution in [1.29, 1.82) is 0 Å². The Labute approximate surface area is 165 Å². The third-order valence-corrected chi connectivity index (χ3v) is 7.65. The van der Waals surface area contributed by atoms with Crippen molar-refractivity contribution >= 4 is 44.0 Å². The van der Waals surface area contributed by atoms with Crippen LogP contribution in [0.5, 0.6) is 0 Å². The Bertz CT molecular complexity index is 1000. The van der Waals surface area contributed by atoms with Gasteiger partial charge >= 0.3 is 0 Å². The molecule has 0 radical (unpaired) electrons. The summed E-state index contributed by atoms with van der Waals surface area (Å²) in [6.07, 6.45) is 3.36. The largest absolute Gasteiger partial charge is 0.261 e. The van der Waals surface area contributed by atoms with Crippen molar-refractivity contribution in [2.24, 2.45) is 0 Å². The molecule has 0 saturated carbocycles. The molecule has 0 aliphatic rings. The Balaban J connectivity index is 2.11. The Morgan fingerprint density at radius 1 is 1.00 bits per heavy atom. The number of alkyl halides is 1. The molecule has 0 aliphatic heterocycles. The summed E-state index contributed by atoms with van der Waals surface area (Å²) < 4.78 is 24.0. The van der Waals surface area contributed by atoms with Gasteiger partial charge in [0.05, 0.1) is 15.6 Å². The summed E-state index contributed by atoms with van der Waals surface area (Å²) in [5, 5.41) is 0.516. The smallest absolute Gasteiger partial charge is 0.187 e. The highest BCUT2D eigenvalue weighted by atomic mass is 127. The van der Waals surface area contributed by atoms with Crippen molar-refractivity contribution < 1.29 is 8.42 Å². The molecule has 1 aromatic carbocycles. The minimum atomic E-state index is -3.24. The fourth-order valence-electron chi connectivity index (χ4n) is 2.40. The highest BCUT2D eigenvalue weighted by Crippen LogP contribution is 2.32. The number of aryl methyl sites for hydroxylation is 1. The summed E-state index contributed by atoms with van der Waals surface area (Å²) in [4.78, 5) is 9.07. The molecule has 0 bridgehead atoms. The highest BCUT2D eigenvalue weighted by Gasteiger charge is 2.14. The number of hydrogen-bond acceptors (Lipinski definition) is 4. The molecular weight excluding hydrogens is 471 g/mol. The number of sulfone groups is 1. The van der Waals surface area contributed by atoms with Gasteiger partial charge in [-0.1, -0.05) is 46.3 Å². The summed E-state index contributed by atoms with van der Waals surface area (Å²) in [7, 11) is -3.24. The first-order chi connectivity index (χ1) is 11.9. The lowest BCUT2D eigenvalue weighted by Gasteiger charge is -2.10. The monoisotopic (exact) mass is 484 g/mol. The maximum absolute atomic E-state index is 12.0. The molecule has 0 atom stereocenters. The summed E-state index contributed by atoms with van der Waals surface area (Å²) in [5.41, 5.74) is 4.23. The Morgan fingerprint density at radius 2 is 1.68 bits per heavy atom. The van der Waals surface area contributed by atoms with Crippen molar-refractivity contribution in [1.82, 2.24) is 9.97 Å². The standard InChI is InChI=1S/C18H14ClIN2O2S/c1-12-2-3-14(9-21-12)18-17(8-15(19)10-22-18)13-4-6-16(7-5-13)25(23,24)11-20/h2-10H,11H2,1H3. The van der Waals surface area contributed by atoms with Crippen LogP contribution in [0.3, 0.4) is 0 Å². The zero-order chi connectivity index (χ0) is 18.0. The zero-order valence-corrected chi connectivity index (χ0v) is 17.0. The van der Waals surface area contributed by atoms with Gasteiger partial charge in [-0.15, -0.1) is 0 Å². The molecule has 25 heavy (non-hydrogen) atoms. The van der Waals surface area contributed by atoms with Gasteiger partial charge in [0, 0.05) is 29.2 Å². The number of halogens is 2. The van der Waals surface area contributed by atoms with Gasteiger partial charge in [-0.25, -0.2) is 8.42 Å². The van der Waals surface area contributed by atoms with Gasteiger partial charge in [0.1, 0.15) is 3.76 Å². The van der Waals surface area contributed by atoms with Crippen molar-refractivity contribution in [3.63, 3.8) is 0 Å². The SMILES string of the molecule is Cc1ccc(-c2ncc(Cl)cc2-c2ccc(S(=O)(=O)CI)cc2)cn1. The first kappa shape index (κ1) is 18.3.